The Labute approximate surface area is 93.6 Å². The molecule has 0 heterocycles. The average Bonchev–Trinajstić information content (AvgIpc) is 2.18. The monoisotopic (exact) mass is 228 g/mol. The molecule has 0 aromatic heterocycles. The molecule has 0 aliphatic carbocycles. The molecule has 0 aliphatic heterocycles. The molecule has 0 fully saturated rings. The van der Waals surface area contributed by atoms with Crippen LogP contribution in [0.3, 0.4) is 0 Å². The van der Waals surface area contributed by atoms with Gasteiger partial charge in [0.15, 0.2) is 6.10 Å². The highest BCUT2D eigenvalue weighted by molar-refractivity contribution is 6.17. The standard InChI is InChI=1S/C11H13ClO3/c1-8-3-2-4-9(7-8)10(11(13)14)15-6-5-12/h2-4,7,10H,5-6H2,1H3,(H,13,14). The minimum atomic E-state index is -0.995. The number of halogens is 1. The van der Waals surface area contributed by atoms with Crippen LogP contribution in [0.25, 0.3) is 0 Å². The Morgan fingerprint density at radius 3 is 2.87 bits per heavy atom. The van der Waals surface area contributed by atoms with Crippen LogP contribution in [0.4, 0.5) is 0 Å². The van der Waals surface area contributed by atoms with Crippen LogP contribution in [0.1, 0.15) is 17.2 Å². The van der Waals surface area contributed by atoms with Crippen molar-refractivity contribution in [1.29, 1.82) is 0 Å². The summed E-state index contributed by atoms with van der Waals surface area (Å²) in [5.74, 6) is -0.707. The maximum atomic E-state index is 10.9. The molecule has 1 aromatic rings. The number of hydrogen-bond acceptors (Lipinski definition) is 2. The minimum absolute atomic E-state index is 0.229. The quantitative estimate of drug-likeness (QED) is 0.788. The predicted octanol–water partition coefficient (Wildman–Crippen LogP) is 2.38. The highest BCUT2D eigenvalue weighted by Crippen LogP contribution is 2.18. The molecule has 1 atom stereocenters. The van der Waals surface area contributed by atoms with E-state index in [0.29, 0.717) is 5.56 Å². The smallest absolute Gasteiger partial charge is 0.337 e. The lowest BCUT2D eigenvalue weighted by molar-refractivity contribution is -0.150. The maximum absolute atomic E-state index is 10.9. The first kappa shape index (κ1) is 12.0. The first-order chi connectivity index (χ1) is 7.15. The third kappa shape index (κ3) is 3.53. The molecule has 0 saturated carbocycles. The number of ether oxygens (including phenoxy) is 1. The lowest BCUT2D eigenvalue weighted by atomic mass is 10.1. The second-order valence-corrected chi connectivity index (χ2v) is 3.57. The van der Waals surface area contributed by atoms with Crippen LogP contribution < -0.4 is 0 Å². The number of benzene rings is 1. The van der Waals surface area contributed by atoms with Crippen molar-refractivity contribution in [3.8, 4) is 0 Å². The van der Waals surface area contributed by atoms with Gasteiger partial charge in [0, 0.05) is 5.88 Å². The predicted molar refractivity (Wildman–Crippen MR) is 58.2 cm³/mol. The highest BCUT2D eigenvalue weighted by Gasteiger charge is 2.19. The van der Waals surface area contributed by atoms with Gasteiger partial charge in [-0.25, -0.2) is 4.79 Å². The van der Waals surface area contributed by atoms with Gasteiger partial charge in [0.05, 0.1) is 6.61 Å². The number of rotatable bonds is 5. The van der Waals surface area contributed by atoms with Crippen LogP contribution >= 0.6 is 11.6 Å². The van der Waals surface area contributed by atoms with E-state index < -0.39 is 12.1 Å². The van der Waals surface area contributed by atoms with Crippen LogP contribution in [-0.4, -0.2) is 23.6 Å². The molecule has 1 N–H and O–H groups in total. The van der Waals surface area contributed by atoms with Gasteiger partial charge in [0.25, 0.3) is 0 Å². The molecule has 1 unspecified atom stereocenters. The topological polar surface area (TPSA) is 46.5 Å². The number of aryl methyl sites for hydroxylation is 1. The molecule has 1 aromatic carbocycles. The van der Waals surface area contributed by atoms with E-state index in [1.54, 1.807) is 12.1 Å². The Morgan fingerprint density at radius 1 is 1.60 bits per heavy atom. The first-order valence-corrected chi connectivity index (χ1v) is 5.15. The second-order valence-electron chi connectivity index (χ2n) is 3.19. The molecule has 82 valence electrons. The first-order valence-electron chi connectivity index (χ1n) is 4.62. The zero-order chi connectivity index (χ0) is 11.3. The molecule has 15 heavy (non-hydrogen) atoms. The van der Waals surface area contributed by atoms with Gasteiger partial charge in [-0.3, -0.25) is 0 Å². The molecular formula is C11H13ClO3. The van der Waals surface area contributed by atoms with Crippen molar-refractivity contribution >= 4 is 17.6 Å². The van der Waals surface area contributed by atoms with Crippen molar-refractivity contribution in [2.75, 3.05) is 12.5 Å². The van der Waals surface area contributed by atoms with Crippen LogP contribution in [0, 0.1) is 6.92 Å². The van der Waals surface area contributed by atoms with Gasteiger partial charge in [-0.15, -0.1) is 11.6 Å². The summed E-state index contributed by atoms with van der Waals surface area (Å²) in [5.41, 5.74) is 1.65. The van der Waals surface area contributed by atoms with Crippen LogP contribution in [0.2, 0.25) is 0 Å². The number of carboxylic acid groups (broad SMARTS) is 1. The summed E-state index contributed by atoms with van der Waals surface area (Å²) in [4.78, 5) is 10.9. The SMILES string of the molecule is Cc1cccc(C(OCCCl)C(=O)O)c1. The van der Waals surface area contributed by atoms with Crippen LogP contribution in [-0.2, 0) is 9.53 Å². The summed E-state index contributed by atoms with van der Waals surface area (Å²) in [6.45, 7) is 2.14. The lowest BCUT2D eigenvalue weighted by Gasteiger charge is -2.13. The molecule has 0 saturated heterocycles. The Balaban J connectivity index is 2.84. The van der Waals surface area contributed by atoms with Crippen molar-refractivity contribution in [1.82, 2.24) is 0 Å². The summed E-state index contributed by atoms with van der Waals surface area (Å²) in [5, 5.41) is 8.98. The van der Waals surface area contributed by atoms with E-state index in [0.717, 1.165) is 5.56 Å². The van der Waals surface area contributed by atoms with Gasteiger partial charge in [0.2, 0.25) is 0 Å². The maximum Gasteiger partial charge on any atom is 0.337 e. The van der Waals surface area contributed by atoms with Gasteiger partial charge >= 0.3 is 5.97 Å². The van der Waals surface area contributed by atoms with E-state index in [-0.39, 0.29) is 12.5 Å². The zero-order valence-electron chi connectivity index (χ0n) is 8.44. The Hall–Kier alpha value is -1.06. The van der Waals surface area contributed by atoms with E-state index in [1.165, 1.54) is 0 Å². The number of carbonyl (C=O) groups is 1. The van der Waals surface area contributed by atoms with E-state index in [1.807, 2.05) is 19.1 Å². The molecule has 0 amide bonds. The third-order valence-electron chi connectivity index (χ3n) is 1.93. The third-order valence-corrected chi connectivity index (χ3v) is 2.09. The molecule has 3 nitrogen and oxygen atoms in total. The molecular weight excluding hydrogens is 216 g/mol. The van der Waals surface area contributed by atoms with Crippen molar-refractivity contribution in [3.63, 3.8) is 0 Å². The molecule has 4 heteroatoms. The van der Waals surface area contributed by atoms with Crippen molar-refractivity contribution in [2.24, 2.45) is 0 Å². The summed E-state index contributed by atoms with van der Waals surface area (Å²) in [6, 6.07) is 7.25. The van der Waals surface area contributed by atoms with Gasteiger partial charge in [0.1, 0.15) is 0 Å². The molecule has 1 rings (SSSR count). The fourth-order valence-corrected chi connectivity index (χ4v) is 1.39. The van der Waals surface area contributed by atoms with Gasteiger partial charge < -0.3 is 9.84 Å². The lowest BCUT2D eigenvalue weighted by Crippen LogP contribution is -2.16. The second kappa shape index (κ2) is 5.73. The summed E-state index contributed by atoms with van der Waals surface area (Å²) in [7, 11) is 0. The number of alkyl halides is 1. The highest BCUT2D eigenvalue weighted by atomic mass is 35.5. The van der Waals surface area contributed by atoms with Crippen LogP contribution in [0.5, 0.6) is 0 Å². The molecule has 0 spiro atoms. The van der Waals surface area contributed by atoms with E-state index in [2.05, 4.69) is 0 Å². The summed E-state index contributed by atoms with van der Waals surface area (Å²) >= 11 is 5.45. The van der Waals surface area contributed by atoms with E-state index in [4.69, 9.17) is 21.4 Å². The zero-order valence-corrected chi connectivity index (χ0v) is 9.20. The molecule has 0 bridgehead atoms. The summed E-state index contributed by atoms with van der Waals surface area (Å²) in [6.07, 6.45) is -0.927. The largest absolute Gasteiger partial charge is 0.479 e. The number of carboxylic acids is 1. The van der Waals surface area contributed by atoms with Crippen LogP contribution in [0.15, 0.2) is 24.3 Å². The Bertz CT molecular complexity index is 338. The molecule has 0 radical (unpaired) electrons. The normalized spacial score (nSPS) is 12.4. The fourth-order valence-electron chi connectivity index (χ4n) is 1.31. The van der Waals surface area contributed by atoms with E-state index >= 15 is 0 Å². The Kier molecular flexibility index (Phi) is 4.59. The summed E-state index contributed by atoms with van der Waals surface area (Å²) < 4.78 is 5.16. The fraction of sp³-hybridized carbons (Fsp3) is 0.364. The van der Waals surface area contributed by atoms with Crippen molar-refractivity contribution in [2.45, 2.75) is 13.0 Å². The minimum Gasteiger partial charge on any atom is -0.479 e. The number of aliphatic carboxylic acids is 1. The van der Waals surface area contributed by atoms with E-state index in [9.17, 15) is 4.79 Å². The number of hydrogen-bond donors (Lipinski definition) is 1. The van der Waals surface area contributed by atoms with Crippen molar-refractivity contribution < 1.29 is 14.6 Å². The van der Waals surface area contributed by atoms with Crippen molar-refractivity contribution in [3.05, 3.63) is 35.4 Å². The van der Waals surface area contributed by atoms with Gasteiger partial charge in [-0.2, -0.15) is 0 Å². The molecule has 0 aliphatic rings. The van der Waals surface area contributed by atoms with Gasteiger partial charge in [-0.1, -0.05) is 29.8 Å². The van der Waals surface area contributed by atoms with Gasteiger partial charge in [-0.05, 0) is 12.5 Å². The Morgan fingerprint density at radius 2 is 2.33 bits per heavy atom. The average molecular weight is 229 g/mol.